The molecule has 1 amide bonds. The minimum absolute atomic E-state index is 0. The Hall–Kier alpha value is -1.36. The molecule has 2 aliphatic heterocycles. The fraction of sp³-hybridized carbons (Fsp3) is 0.688. The molecule has 1 atom stereocenters. The lowest BCUT2D eigenvalue weighted by Crippen LogP contribution is -2.55. The highest BCUT2D eigenvalue weighted by Crippen LogP contribution is 2.16. The zero-order valence-corrected chi connectivity index (χ0v) is 17.0. The van der Waals surface area contributed by atoms with Gasteiger partial charge in [-0.25, -0.2) is 4.98 Å². The largest absolute Gasteiger partial charge is 0.368 e. The molecule has 0 bridgehead atoms. The van der Waals surface area contributed by atoms with Crippen LogP contribution in [0, 0.1) is 0 Å². The molecule has 0 radical (unpaired) electrons. The molecule has 0 spiro atoms. The molecule has 3 heterocycles. The van der Waals surface area contributed by atoms with Crippen molar-refractivity contribution in [3.63, 3.8) is 0 Å². The van der Waals surface area contributed by atoms with Gasteiger partial charge in [0.05, 0.1) is 6.33 Å². The zero-order valence-electron chi connectivity index (χ0n) is 14.6. The van der Waals surface area contributed by atoms with E-state index in [4.69, 9.17) is 4.74 Å². The number of rotatable bonds is 4. The number of carbonyl (C=O) groups excluding carboxylic acids is 1. The van der Waals surface area contributed by atoms with E-state index in [9.17, 15) is 4.79 Å². The number of aliphatic imine (C=N–C) groups is 1. The van der Waals surface area contributed by atoms with Gasteiger partial charge in [0.1, 0.15) is 6.10 Å². The Bertz CT molecular complexity index is 551. The minimum Gasteiger partial charge on any atom is -0.368 e. The molecule has 0 aromatic carbocycles. The van der Waals surface area contributed by atoms with Crippen molar-refractivity contribution >= 4 is 35.8 Å². The Kier molecular flexibility index (Phi) is 7.94. The van der Waals surface area contributed by atoms with Crippen LogP contribution in [0.3, 0.4) is 0 Å². The lowest BCUT2D eigenvalue weighted by atomic mass is 10.2. The van der Waals surface area contributed by atoms with E-state index in [2.05, 4.69) is 20.2 Å². The Labute approximate surface area is 165 Å². The van der Waals surface area contributed by atoms with Gasteiger partial charge in [0.15, 0.2) is 5.96 Å². The summed E-state index contributed by atoms with van der Waals surface area (Å²) < 4.78 is 7.53. The average Bonchev–Trinajstić information content (AvgIpc) is 3.32. The highest BCUT2D eigenvalue weighted by atomic mass is 127. The van der Waals surface area contributed by atoms with E-state index in [0.717, 1.165) is 58.1 Å². The summed E-state index contributed by atoms with van der Waals surface area (Å²) in [6.45, 7) is 5.38. The summed E-state index contributed by atoms with van der Waals surface area (Å²) in [6.07, 6.45) is 7.16. The highest BCUT2D eigenvalue weighted by molar-refractivity contribution is 14.0. The first-order valence-corrected chi connectivity index (χ1v) is 8.59. The van der Waals surface area contributed by atoms with Crippen LogP contribution in [0.15, 0.2) is 23.7 Å². The Morgan fingerprint density at radius 1 is 1.32 bits per heavy atom. The molecule has 1 aromatic heterocycles. The van der Waals surface area contributed by atoms with Gasteiger partial charge in [0.2, 0.25) is 0 Å². The lowest BCUT2D eigenvalue weighted by Gasteiger charge is -2.37. The molecule has 1 unspecified atom stereocenters. The van der Waals surface area contributed by atoms with E-state index in [0.29, 0.717) is 6.61 Å². The number of nitrogens with zero attached hydrogens (tertiary/aromatic N) is 5. The molecule has 2 saturated heterocycles. The third-order valence-corrected chi connectivity index (χ3v) is 4.52. The topological polar surface area (TPSA) is 75.0 Å². The van der Waals surface area contributed by atoms with Crippen LogP contribution in [0.5, 0.6) is 0 Å². The SMILES string of the molecule is CN=C(NCCn1ccnc1)N1CCN(C(=O)C2CCCO2)CC1.I. The highest BCUT2D eigenvalue weighted by Gasteiger charge is 2.30. The van der Waals surface area contributed by atoms with Gasteiger partial charge in [-0.3, -0.25) is 9.79 Å². The first-order chi connectivity index (χ1) is 11.8. The number of ether oxygens (including phenoxy) is 1. The average molecular weight is 462 g/mol. The van der Waals surface area contributed by atoms with Crippen molar-refractivity contribution in [2.24, 2.45) is 4.99 Å². The molecule has 0 saturated carbocycles. The monoisotopic (exact) mass is 462 g/mol. The molecule has 140 valence electrons. The van der Waals surface area contributed by atoms with Crippen LogP contribution in [0.25, 0.3) is 0 Å². The number of carbonyl (C=O) groups is 1. The molecule has 0 aliphatic carbocycles. The predicted molar refractivity (Wildman–Crippen MR) is 106 cm³/mol. The van der Waals surface area contributed by atoms with Gasteiger partial charge >= 0.3 is 0 Å². The number of imidazole rings is 1. The van der Waals surface area contributed by atoms with Crippen LogP contribution in [0.4, 0.5) is 0 Å². The smallest absolute Gasteiger partial charge is 0.251 e. The third-order valence-electron chi connectivity index (χ3n) is 4.52. The van der Waals surface area contributed by atoms with Crippen molar-refractivity contribution < 1.29 is 9.53 Å². The van der Waals surface area contributed by atoms with Gasteiger partial charge in [-0.15, -0.1) is 24.0 Å². The Morgan fingerprint density at radius 2 is 2.08 bits per heavy atom. The number of guanidine groups is 1. The molecule has 2 aliphatic rings. The number of hydrogen-bond acceptors (Lipinski definition) is 4. The molecule has 8 nitrogen and oxygen atoms in total. The van der Waals surface area contributed by atoms with Crippen molar-refractivity contribution in [3.8, 4) is 0 Å². The van der Waals surface area contributed by atoms with Crippen molar-refractivity contribution in [2.45, 2.75) is 25.5 Å². The first-order valence-electron chi connectivity index (χ1n) is 8.59. The van der Waals surface area contributed by atoms with Crippen molar-refractivity contribution in [2.75, 3.05) is 46.4 Å². The second-order valence-corrected chi connectivity index (χ2v) is 6.09. The number of hydrogen-bond donors (Lipinski definition) is 1. The molecule has 3 rings (SSSR count). The summed E-state index contributed by atoms with van der Waals surface area (Å²) in [5, 5.41) is 3.38. The van der Waals surface area contributed by atoms with E-state index < -0.39 is 0 Å². The van der Waals surface area contributed by atoms with E-state index >= 15 is 0 Å². The van der Waals surface area contributed by atoms with E-state index in [1.54, 1.807) is 19.6 Å². The summed E-state index contributed by atoms with van der Waals surface area (Å²) in [6, 6.07) is 0. The number of halogens is 1. The molecule has 9 heteroatoms. The number of piperazine rings is 1. The van der Waals surface area contributed by atoms with Crippen LogP contribution in [-0.4, -0.2) is 83.7 Å². The van der Waals surface area contributed by atoms with Gasteiger partial charge in [-0.1, -0.05) is 0 Å². The minimum atomic E-state index is -0.218. The summed E-state index contributed by atoms with van der Waals surface area (Å²) in [5.41, 5.74) is 0. The molecule has 25 heavy (non-hydrogen) atoms. The summed E-state index contributed by atoms with van der Waals surface area (Å²) in [7, 11) is 1.80. The standard InChI is InChI=1S/C16H26N6O2.HI/c1-17-16(19-5-7-20-6-4-18-13-20)22-10-8-21(9-11-22)15(23)14-3-2-12-24-14;/h4,6,13-14H,2-3,5,7-12H2,1H3,(H,17,19);1H. The fourth-order valence-corrected chi connectivity index (χ4v) is 3.16. The summed E-state index contributed by atoms with van der Waals surface area (Å²) >= 11 is 0. The maximum atomic E-state index is 12.4. The summed E-state index contributed by atoms with van der Waals surface area (Å²) in [5.74, 6) is 1.04. The maximum absolute atomic E-state index is 12.4. The second kappa shape index (κ2) is 9.95. The van der Waals surface area contributed by atoms with Crippen LogP contribution >= 0.6 is 24.0 Å². The molecule has 2 fully saturated rings. The second-order valence-electron chi connectivity index (χ2n) is 6.09. The molecular weight excluding hydrogens is 435 g/mol. The van der Waals surface area contributed by atoms with Gasteiger partial charge < -0.3 is 24.4 Å². The van der Waals surface area contributed by atoms with E-state index in [-0.39, 0.29) is 36.0 Å². The van der Waals surface area contributed by atoms with E-state index in [1.165, 1.54) is 0 Å². The van der Waals surface area contributed by atoms with Gasteiger partial charge in [-0.05, 0) is 12.8 Å². The third kappa shape index (κ3) is 5.30. The normalized spacial score (nSPS) is 21.2. The van der Waals surface area contributed by atoms with Crippen molar-refractivity contribution in [3.05, 3.63) is 18.7 Å². The van der Waals surface area contributed by atoms with Crippen LogP contribution in [0.1, 0.15) is 12.8 Å². The zero-order chi connectivity index (χ0) is 16.8. The number of nitrogens with one attached hydrogen (secondary N) is 1. The molecular formula is C16H27IN6O2. The number of aromatic nitrogens is 2. The van der Waals surface area contributed by atoms with Crippen molar-refractivity contribution in [1.29, 1.82) is 0 Å². The lowest BCUT2D eigenvalue weighted by molar-refractivity contribution is -0.142. The quantitative estimate of drug-likeness (QED) is 0.399. The fourth-order valence-electron chi connectivity index (χ4n) is 3.16. The first kappa shape index (κ1) is 20.0. The van der Waals surface area contributed by atoms with Gasteiger partial charge in [0, 0.05) is 65.3 Å². The van der Waals surface area contributed by atoms with Crippen LogP contribution in [-0.2, 0) is 16.1 Å². The summed E-state index contributed by atoms with van der Waals surface area (Å²) in [4.78, 5) is 24.9. The van der Waals surface area contributed by atoms with Gasteiger partial charge in [0.25, 0.3) is 5.91 Å². The van der Waals surface area contributed by atoms with Crippen LogP contribution in [0.2, 0.25) is 0 Å². The molecule has 1 aromatic rings. The van der Waals surface area contributed by atoms with Crippen LogP contribution < -0.4 is 5.32 Å². The van der Waals surface area contributed by atoms with E-state index in [1.807, 2.05) is 15.7 Å². The Balaban J connectivity index is 0.00000225. The van der Waals surface area contributed by atoms with Gasteiger partial charge in [-0.2, -0.15) is 0 Å². The molecule has 1 N–H and O–H groups in total. The predicted octanol–water partition coefficient (Wildman–Crippen LogP) is 0.400. The maximum Gasteiger partial charge on any atom is 0.251 e. The van der Waals surface area contributed by atoms with Crippen molar-refractivity contribution in [1.82, 2.24) is 24.7 Å². The Morgan fingerprint density at radius 3 is 2.68 bits per heavy atom. The number of amides is 1.